The summed E-state index contributed by atoms with van der Waals surface area (Å²) in [6, 6.07) is 5.45. The van der Waals surface area contributed by atoms with Crippen LogP contribution in [0.5, 0.6) is 0 Å². The molecule has 8 heteroatoms. The zero-order valence-corrected chi connectivity index (χ0v) is 14.5. The molecule has 2 saturated heterocycles. The maximum absolute atomic E-state index is 13.2. The first-order valence-corrected chi connectivity index (χ1v) is 8.88. The largest absolute Gasteiger partial charge is 0.344 e. The van der Waals surface area contributed by atoms with Crippen LogP contribution in [-0.2, 0) is 16.1 Å². The van der Waals surface area contributed by atoms with E-state index >= 15 is 0 Å². The van der Waals surface area contributed by atoms with Crippen molar-refractivity contribution in [2.24, 2.45) is 0 Å². The summed E-state index contributed by atoms with van der Waals surface area (Å²) < 4.78 is 13.2. The van der Waals surface area contributed by atoms with Crippen molar-refractivity contribution in [1.29, 1.82) is 0 Å². The lowest BCUT2D eigenvalue weighted by Gasteiger charge is -2.24. The van der Waals surface area contributed by atoms with E-state index in [4.69, 9.17) is 0 Å². The average molecular weight is 362 g/mol. The molecule has 4 amide bonds. The van der Waals surface area contributed by atoms with E-state index in [0.29, 0.717) is 51.0 Å². The summed E-state index contributed by atoms with van der Waals surface area (Å²) in [5.74, 6) is -0.492. The number of halogens is 1. The number of hydrogen-bond donors (Lipinski definition) is 2. The normalized spacial score (nSPS) is 20.5. The number of nitrogens with one attached hydrogen (secondary N) is 2. The summed E-state index contributed by atoms with van der Waals surface area (Å²) in [5.41, 5.74) is 0.696. The van der Waals surface area contributed by atoms with Crippen molar-refractivity contribution in [2.75, 3.05) is 26.2 Å². The third-order valence-corrected chi connectivity index (χ3v) is 4.72. The molecule has 2 fully saturated rings. The molecule has 1 aromatic rings. The molecule has 0 spiro atoms. The molecule has 1 atom stereocenters. The van der Waals surface area contributed by atoms with E-state index in [0.717, 1.165) is 0 Å². The smallest absolute Gasteiger partial charge is 0.317 e. The zero-order chi connectivity index (χ0) is 18.5. The highest BCUT2D eigenvalue weighted by Crippen LogP contribution is 2.12. The van der Waals surface area contributed by atoms with E-state index in [1.54, 1.807) is 21.9 Å². The topological polar surface area (TPSA) is 81.8 Å². The summed E-state index contributed by atoms with van der Waals surface area (Å²) in [6.07, 6.45) is 1.60. The Balaban J connectivity index is 1.49. The molecule has 3 rings (SSSR count). The Kier molecular flexibility index (Phi) is 5.70. The van der Waals surface area contributed by atoms with Crippen LogP contribution in [0.4, 0.5) is 9.18 Å². The van der Waals surface area contributed by atoms with Gasteiger partial charge in [-0.05, 0) is 30.5 Å². The van der Waals surface area contributed by atoms with Gasteiger partial charge < -0.3 is 20.4 Å². The second-order valence-corrected chi connectivity index (χ2v) is 6.61. The molecule has 1 unspecified atom stereocenters. The molecule has 0 bridgehead atoms. The van der Waals surface area contributed by atoms with Gasteiger partial charge in [0.2, 0.25) is 11.8 Å². The summed E-state index contributed by atoms with van der Waals surface area (Å²) >= 11 is 0. The van der Waals surface area contributed by atoms with E-state index in [-0.39, 0.29) is 30.2 Å². The fourth-order valence-corrected chi connectivity index (χ4v) is 3.30. The molecule has 2 aliphatic heterocycles. The molecule has 26 heavy (non-hydrogen) atoms. The molecule has 2 N–H and O–H groups in total. The number of hydrogen-bond acceptors (Lipinski definition) is 3. The predicted octanol–water partition coefficient (Wildman–Crippen LogP) is 0.848. The van der Waals surface area contributed by atoms with E-state index in [1.165, 1.54) is 12.1 Å². The van der Waals surface area contributed by atoms with Gasteiger partial charge in [0.1, 0.15) is 11.9 Å². The van der Waals surface area contributed by atoms with Gasteiger partial charge in [0.25, 0.3) is 0 Å². The summed E-state index contributed by atoms with van der Waals surface area (Å²) in [6.45, 7) is 2.25. The summed E-state index contributed by atoms with van der Waals surface area (Å²) in [5, 5.41) is 5.48. The van der Waals surface area contributed by atoms with Crippen molar-refractivity contribution in [2.45, 2.75) is 31.8 Å². The number of urea groups is 1. The second kappa shape index (κ2) is 8.16. The van der Waals surface area contributed by atoms with Crippen LogP contribution in [0.1, 0.15) is 24.8 Å². The molecule has 1 aromatic carbocycles. The van der Waals surface area contributed by atoms with E-state index < -0.39 is 6.04 Å². The van der Waals surface area contributed by atoms with Gasteiger partial charge >= 0.3 is 6.03 Å². The van der Waals surface area contributed by atoms with Gasteiger partial charge in [-0.3, -0.25) is 9.59 Å². The third-order valence-electron chi connectivity index (χ3n) is 4.72. The minimum atomic E-state index is -0.434. The molecule has 7 nitrogen and oxygen atoms in total. The van der Waals surface area contributed by atoms with Gasteiger partial charge in [0, 0.05) is 39.1 Å². The lowest BCUT2D eigenvalue weighted by atomic mass is 10.2. The van der Waals surface area contributed by atoms with E-state index in [2.05, 4.69) is 10.6 Å². The molecule has 0 saturated carbocycles. The second-order valence-electron chi connectivity index (χ2n) is 6.61. The molecule has 140 valence electrons. The van der Waals surface area contributed by atoms with Crippen molar-refractivity contribution in [1.82, 2.24) is 20.4 Å². The Hall–Kier alpha value is -2.64. The van der Waals surface area contributed by atoms with Crippen molar-refractivity contribution in [3.05, 3.63) is 35.6 Å². The fourth-order valence-electron chi connectivity index (χ4n) is 3.30. The van der Waals surface area contributed by atoms with E-state index in [1.807, 2.05) is 0 Å². The number of rotatable bonds is 3. The highest BCUT2D eigenvalue weighted by atomic mass is 19.1. The summed E-state index contributed by atoms with van der Waals surface area (Å²) in [7, 11) is 0. The number of amides is 4. The van der Waals surface area contributed by atoms with E-state index in [9.17, 15) is 18.8 Å². The Morgan fingerprint density at radius 3 is 2.69 bits per heavy atom. The number of benzene rings is 1. The first-order chi connectivity index (χ1) is 12.5. The van der Waals surface area contributed by atoms with Gasteiger partial charge in [0.15, 0.2) is 0 Å². The Bertz CT molecular complexity index is 697. The lowest BCUT2D eigenvalue weighted by Crippen LogP contribution is -2.46. The maximum Gasteiger partial charge on any atom is 0.317 e. The highest BCUT2D eigenvalue weighted by molar-refractivity contribution is 5.90. The van der Waals surface area contributed by atoms with Crippen molar-refractivity contribution < 1.29 is 18.8 Å². The maximum atomic E-state index is 13.2. The molecule has 0 aliphatic carbocycles. The molecular formula is C18H23FN4O3. The minimum Gasteiger partial charge on any atom is -0.344 e. The lowest BCUT2D eigenvalue weighted by molar-refractivity contribution is -0.134. The first kappa shape index (κ1) is 18.2. The van der Waals surface area contributed by atoms with Crippen molar-refractivity contribution >= 4 is 17.8 Å². The third kappa shape index (κ3) is 4.50. The van der Waals surface area contributed by atoms with Crippen LogP contribution in [-0.4, -0.2) is 59.9 Å². The molecule has 2 aliphatic rings. The molecule has 2 heterocycles. The minimum absolute atomic E-state index is 0.0714. The van der Waals surface area contributed by atoms with Gasteiger partial charge in [-0.15, -0.1) is 0 Å². The monoisotopic (exact) mass is 362 g/mol. The Morgan fingerprint density at radius 2 is 1.96 bits per heavy atom. The van der Waals surface area contributed by atoms with Crippen LogP contribution in [0.3, 0.4) is 0 Å². The number of carbonyl (C=O) groups is 3. The van der Waals surface area contributed by atoms with Crippen LogP contribution in [0.25, 0.3) is 0 Å². The van der Waals surface area contributed by atoms with Crippen LogP contribution >= 0.6 is 0 Å². The standard InChI is InChI=1S/C18H23FN4O3/c19-14-4-1-3-13(11-14)12-20-18(26)23-8-2-7-22(9-10-23)17(25)15-5-6-16(24)21-15/h1,3-4,11,15H,2,5-10,12H2,(H,20,26)(H,21,24). The van der Waals surface area contributed by atoms with Gasteiger partial charge in [-0.25, -0.2) is 9.18 Å². The fraction of sp³-hybridized carbons (Fsp3) is 0.500. The molecule has 0 aromatic heterocycles. The Morgan fingerprint density at radius 1 is 1.19 bits per heavy atom. The van der Waals surface area contributed by atoms with Crippen molar-refractivity contribution in [3.8, 4) is 0 Å². The Labute approximate surface area is 151 Å². The van der Waals surface area contributed by atoms with Crippen LogP contribution in [0.15, 0.2) is 24.3 Å². The average Bonchev–Trinajstić information content (AvgIpc) is 2.91. The van der Waals surface area contributed by atoms with Crippen LogP contribution in [0, 0.1) is 5.82 Å². The van der Waals surface area contributed by atoms with Crippen LogP contribution < -0.4 is 10.6 Å². The number of carbonyl (C=O) groups excluding carboxylic acids is 3. The van der Waals surface area contributed by atoms with Crippen LogP contribution in [0.2, 0.25) is 0 Å². The number of nitrogens with zero attached hydrogens (tertiary/aromatic N) is 2. The highest BCUT2D eigenvalue weighted by Gasteiger charge is 2.31. The SMILES string of the molecule is O=C1CCC(C(=O)N2CCCN(C(=O)NCc3cccc(F)c3)CC2)N1. The van der Waals surface area contributed by atoms with Gasteiger partial charge in [-0.2, -0.15) is 0 Å². The van der Waals surface area contributed by atoms with Gasteiger partial charge in [-0.1, -0.05) is 12.1 Å². The summed E-state index contributed by atoms with van der Waals surface area (Å²) in [4.78, 5) is 39.5. The van der Waals surface area contributed by atoms with Gasteiger partial charge in [0.05, 0.1) is 0 Å². The van der Waals surface area contributed by atoms with Crippen molar-refractivity contribution in [3.63, 3.8) is 0 Å². The zero-order valence-electron chi connectivity index (χ0n) is 14.5. The molecular weight excluding hydrogens is 339 g/mol. The first-order valence-electron chi connectivity index (χ1n) is 8.88. The molecule has 0 radical (unpaired) electrons. The predicted molar refractivity (Wildman–Crippen MR) is 92.6 cm³/mol. The quantitative estimate of drug-likeness (QED) is 0.836.